The third-order valence-electron chi connectivity index (χ3n) is 3.35. The molecule has 1 saturated heterocycles. The summed E-state index contributed by atoms with van der Waals surface area (Å²) >= 11 is 7.24. The fraction of sp³-hybridized carbons (Fsp3) is 0.267. The van der Waals surface area contributed by atoms with Crippen molar-refractivity contribution >= 4 is 28.3 Å². The van der Waals surface area contributed by atoms with Crippen LogP contribution in [0.3, 0.4) is 0 Å². The summed E-state index contributed by atoms with van der Waals surface area (Å²) < 4.78 is 0.980. The topological polar surface area (TPSA) is 33.5 Å². The van der Waals surface area contributed by atoms with E-state index >= 15 is 0 Å². The highest BCUT2D eigenvalue weighted by atomic mass is 32.2. The molecule has 0 saturated carbocycles. The second-order valence-electron chi connectivity index (χ2n) is 5.06. The second-order valence-corrected chi connectivity index (χ2v) is 6.67. The normalized spacial score (nSPS) is 18.8. The van der Waals surface area contributed by atoms with Crippen LogP contribution in [-0.2, 0) is 13.1 Å². The lowest BCUT2D eigenvalue weighted by atomic mass is 10.2. The quantitative estimate of drug-likeness (QED) is 0.860. The molecule has 0 bridgehead atoms. The van der Waals surface area contributed by atoms with Crippen LogP contribution < -0.4 is 4.90 Å². The van der Waals surface area contributed by atoms with Crippen LogP contribution in [0.2, 0.25) is 0 Å². The molecule has 0 radical (unpaired) electrons. The van der Waals surface area contributed by atoms with Gasteiger partial charge in [0.05, 0.1) is 6.54 Å². The Morgan fingerprint density at radius 3 is 2.52 bits per heavy atom. The zero-order chi connectivity index (χ0) is 14.5. The maximum absolute atomic E-state index is 5.49. The molecule has 6 heteroatoms. The molecule has 1 aliphatic rings. The molecule has 0 aromatic carbocycles. The van der Waals surface area contributed by atoms with Gasteiger partial charge in [-0.15, -0.1) is 0 Å². The summed E-state index contributed by atoms with van der Waals surface area (Å²) in [7, 11) is 0. The van der Waals surface area contributed by atoms with E-state index in [9.17, 15) is 0 Å². The highest BCUT2D eigenvalue weighted by molar-refractivity contribution is 8.22. The number of pyridine rings is 2. The number of rotatable bonds is 4. The van der Waals surface area contributed by atoms with Gasteiger partial charge in [-0.05, 0) is 29.5 Å². The molecular formula is C15H17N4S2+. The summed E-state index contributed by atoms with van der Waals surface area (Å²) in [6, 6.07) is 8.18. The first kappa shape index (κ1) is 14.4. The fourth-order valence-corrected chi connectivity index (χ4v) is 3.50. The first-order chi connectivity index (χ1) is 10.3. The van der Waals surface area contributed by atoms with Gasteiger partial charge in [0.2, 0.25) is 0 Å². The highest BCUT2D eigenvalue weighted by Gasteiger charge is 2.24. The minimum Gasteiger partial charge on any atom is -0.306 e. The van der Waals surface area contributed by atoms with E-state index in [1.807, 2.05) is 30.7 Å². The van der Waals surface area contributed by atoms with Crippen molar-refractivity contribution in [2.45, 2.75) is 13.1 Å². The molecule has 3 heterocycles. The summed E-state index contributed by atoms with van der Waals surface area (Å²) in [6.45, 7) is 2.73. The number of hydrogen-bond acceptors (Lipinski definition) is 4. The Morgan fingerprint density at radius 1 is 1.14 bits per heavy atom. The molecule has 0 aliphatic carbocycles. The molecule has 2 aromatic heterocycles. The summed E-state index contributed by atoms with van der Waals surface area (Å²) in [6.07, 6.45) is 7.46. The predicted octanol–water partition coefficient (Wildman–Crippen LogP) is 1.31. The molecule has 1 aliphatic heterocycles. The highest BCUT2D eigenvalue weighted by Crippen LogP contribution is 2.13. The summed E-state index contributed by atoms with van der Waals surface area (Å²) in [4.78, 5) is 12.1. The van der Waals surface area contributed by atoms with Gasteiger partial charge in [-0.2, -0.15) is 0 Å². The number of nitrogens with one attached hydrogen (secondary N) is 1. The lowest BCUT2D eigenvalue weighted by molar-refractivity contribution is -0.911. The van der Waals surface area contributed by atoms with Crippen molar-refractivity contribution in [2.24, 2.45) is 0 Å². The Hall–Kier alpha value is -1.50. The monoisotopic (exact) mass is 317 g/mol. The van der Waals surface area contributed by atoms with E-state index in [1.54, 1.807) is 18.0 Å². The van der Waals surface area contributed by atoms with E-state index < -0.39 is 0 Å². The molecule has 0 amide bonds. The maximum Gasteiger partial charge on any atom is 0.155 e. The van der Waals surface area contributed by atoms with E-state index in [4.69, 9.17) is 12.2 Å². The van der Waals surface area contributed by atoms with Crippen LogP contribution in [0.4, 0.5) is 0 Å². The number of quaternary nitrogens is 1. The Kier molecular flexibility index (Phi) is 4.80. The van der Waals surface area contributed by atoms with Crippen molar-refractivity contribution in [3.8, 4) is 0 Å². The molecule has 0 spiro atoms. The predicted molar refractivity (Wildman–Crippen MR) is 88.6 cm³/mol. The Bertz CT molecular complexity index is 591. The van der Waals surface area contributed by atoms with Gasteiger partial charge in [0.1, 0.15) is 16.7 Å². The maximum atomic E-state index is 5.49. The van der Waals surface area contributed by atoms with Gasteiger partial charge in [-0.3, -0.25) is 9.97 Å². The van der Waals surface area contributed by atoms with Gasteiger partial charge in [-0.25, -0.2) is 0 Å². The zero-order valence-corrected chi connectivity index (χ0v) is 13.2. The van der Waals surface area contributed by atoms with Crippen molar-refractivity contribution in [3.05, 3.63) is 60.2 Å². The van der Waals surface area contributed by atoms with Crippen LogP contribution in [0, 0.1) is 0 Å². The van der Waals surface area contributed by atoms with Crippen LogP contribution in [0.5, 0.6) is 0 Å². The van der Waals surface area contributed by atoms with Crippen LogP contribution in [0.25, 0.3) is 0 Å². The molecule has 21 heavy (non-hydrogen) atoms. The Balaban J connectivity index is 1.63. The Morgan fingerprint density at radius 2 is 1.86 bits per heavy atom. The minimum absolute atomic E-state index is 0.830. The van der Waals surface area contributed by atoms with Crippen LogP contribution in [0.1, 0.15) is 11.1 Å². The smallest absolute Gasteiger partial charge is 0.155 e. The van der Waals surface area contributed by atoms with Crippen molar-refractivity contribution in [1.29, 1.82) is 0 Å². The Labute approximate surface area is 134 Å². The molecule has 1 N–H and O–H groups in total. The van der Waals surface area contributed by atoms with Crippen molar-refractivity contribution in [3.63, 3.8) is 0 Å². The molecule has 3 rings (SSSR count). The zero-order valence-electron chi connectivity index (χ0n) is 11.6. The molecule has 1 fully saturated rings. The van der Waals surface area contributed by atoms with Gasteiger partial charge in [-0.1, -0.05) is 24.4 Å². The number of hydrogen-bond donors (Lipinski definition) is 1. The first-order valence-corrected chi connectivity index (χ1v) is 8.24. The van der Waals surface area contributed by atoms with E-state index in [0.29, 0.717) is 0 Å². The molecule has 4 nitrogen and oxygen atoms in total. The fourth-order valence-electron chi connectivity index (χ4n) is 2.37. The first-order valence-electron chi connectivity index (χ1n) is 6.84. The molecule has 1 atom stereocenters. The third-order valence-corrected chi connectivity index (χ3v) is 5.02. The van der Waals surface area contributed by atoms with Crippen LogP contribution >= 0.6 is 24.0 Å². The van der Waals surface area contributed by atoms with Crippen molar-refractivity contribution in [1.82, 2.24) is 14.9 Å². The van der Waals surface area contributed by atoms with E-state index in [-0.39, 0.29) is 0 Å². The average molecular weight is 317 g/mol. The largest absolute Gasteiger partial charge is 0.306 e. The SMILES string of the molecule is S=C1SC[NH+](Cc2cccnc2)CN1Cc1cccnc1. The standard InChI is InChI=1S/C15H16N4S2/c20-15-19(10-14-4-2-6-17-8-14)11-18(12-21-15)9-13-3-1-5-16-7-13/h1-8H,9-12H2/p+1. The molecule has 1 unspecified atom stereocenters. The summed E-state index contributed by atoms with van der Waals surface area (Å²) in [5.74, 6) is 1.01. The number of aromatic nitrogens is 2. The van der Waals surface area contributed by atoms with Crippen LogP contribution in [-0.4, -0.2) is 31.7 Å². The van der Waals surface area contributed by atoms with Crippen molar-refractivity contribution < 1.29 is 4.90 Å². The van der Waals surface area contributed by atoms with Gasteiger partial charge in [0.15, 0.2) is 6.67 Å². The van der Waals surface area contributed by atoms with Crippen LogP contribution in [0.15, 0.2) is 49.1 Å². The number of thiocarbonyl (C=S) groups is 1. The molecule has 2 aromatic rings. The molecule has 108 valence electrons. The minimum atomic E-state index is 0.830. The van der Waals surface area contributed by atoms with E-state index in [0.717, 1.165) is 30.0 Å². The lowest BCUT2D eigenvalue weighted by Gasteiger charge is -2.33. The van der Waals surface area contributed by atoms with Gasteiger partial charge >= 0.3 is 0 Å². The van der Waals surface area contributed by atoms with Crippen molar-refractivity contribution in [2.75, 3.05) is 12.5 Å². The number of nitrogens with zero attached hydrogens (tertiary/aromatic N) is 3. The van der Waals surface area contributed by atoms with Gasteiger partial charge < -0.3 is 9.80 Å². The average Bonchev–Trinajstić information content (AvgIpc) is 2.53. The van der Waals surface area contributed by atoms with E-state index in [2.05, 4.69) is 27.0 Å². The van der Waals surface area contributed by atoms with Gasteiger partial charge in [0.25, 0.3) is 0 Å². The van der Waals surface area contributed by atoms with E-state index in [1.165, 1.54) is 16.0 Å². The molecular weight excluding hydrogens is 300 g/mol. The summed E-state index contributed by atoms with van der Waals surface area (Å²) in [5, 5.41) is 0. The number of thioether (sulfide) groups is 1. The second kappa shape index (κ2) is 6.98. The lowest BCUT2D eigenvalue weighted by Crippen LogP contribution is -3.13. The summed E-state index contributed by atoms with van der Waals surface area (Å²) in [5.41, 5.74) is 2.46. The third kappa shape index (κ3) is 4.00. The van der Waals surface area contributed by atoms with Gasteiger partial charge in [0, 0.05) is 30.4 Å².